The van der Waals surface area contributed by atoms with Crippen LogP contribution in [0.15, 0.2) is 40.9 Å². The largest absolute Gasteiger partial charge is 0.356 e. The summed E-state index contributed by atoms with van der Waals surface area (Å²) in [7, 11) is 0. The van der Waals surface area contributed by atoms with Crippen LogP contribution in [0, 0.1) is 38.0 Å². The molecule has 2 rings (SSSR count). The number of ether oxygens (including phenoxy) is 1. The normalized spacial score (nSPS) is 13.0. The van der Waals surface area contributed by atoms with Crippen molar-refractivity contribution in [2.24, 2.45) is 5.92 Å². The molecule has 0 bridgehead atoms. The van der Waals surface area contributed by atoms with Crippen molar-refractivity contribution in [1.29, 1.82) is 5.26 Å². The number of hydrogen-bond donors (Lipinski definition) is 1. The summed E-state index contributed by atoms with van der Waals surface area (Å²) >= 11 is 3.49. The molecule has 2 aromatic rings. The zero-order chi connectivity index (χ0) is 21.6. The van der Waals surface area contributed by atoms with Gasteiger partial charge in [0.15, 0.2) is 0 Å². The van der Waals surface area contributed by atoms with Gasteiger partial charge in [0.1, 0.15) is 18.8 Å². The second kappa shape index (κ2) is 10.6. The lowest BCUT2D eigenvalue weighted by molar-refractivity contribution is -0.136. The highest BCUT2D eigenvalue weighted by Gasteiger charge is 2.28. The number of benzene rings is 2. The summed E-state index contributed by atoms with van der Waals surface area (Å²) in [6.45, 7) is 10.3. The van der Waals surface area contributed by atoms with Crippen molar-refractivity contribution in [1.82, 2.24) is 5.32 Å². The molecule has 0 aliphatic carbocycles. The molecule has 0 saturated carbocycles. The minimum atomic E-state index is -0.642. The number of carbonyl (C=O) groups is 1. The molecular formula is C24H29BrN2O2. The van der Waals surface area contributed by atoms with Crippen molar-refractivity contribution >= 4 is 21.8 Å². The average Bonchev–Trinajstić information content (AvgIpc) is 2.64. The number of rotatable bonds is 8. The van der Waals surface area contributed by atoms with Crippen LogP contribution in [0.2, 0.25) is 0 Å². The third-order valence-electron chi connectivity index (χ3n) is 4.79. The van der Waals surface area contributed by atoms with Gasteiger partial charge in [-0.05, 0) is 67.5 Å². The number of nitrogens with one attached hydrogen (secondary N) is 1. The van der Waals surface area contributed by atoms with Crippen molar-refractivity contribution in [3.63, 3.8) is 0 Å². The fourth-order valence-corrected chi connectivity index (χ4v) is 3.88. The Labute approximate surface area is 182 Å². The molecule has 0 aromatic heterocycles. The molecule has 2 aromatic carbocycles. The summed E-state index contributed by atoms with van der Waals surface area (Å²) < 4.78 is 7.49. The Balaban J connectivity index is 2.50. The van der Waals surface area contributed by atoms with E-state index in [9.17, 15) is 4.79 Å². The minimum Gasteiger partial charge on any atom is -0.356 e. The lowest BCUT2D eigenvalue weighted by Gasteiger charge is -2.28. The van der Waals surface area contributed by atoms with E-state index in [1.54, 1.807) is 0 Å². The minimum absolute atomic E-state index is 0.0255. The standard InChI is InChI=1S/C24H29BrN2O2/c1-15(2)12-21(24(28)27-11-10-26)29-23(19-6-8-20(25)9-7-19)22-17(4)13-16(3)14-18(22)5/h6-9,13-15,21,23H,11-12H2,1-5H3,(H,27,28)/t21-,23-/m0/s1. The fourth-order valence-electron chi connectivity index (χ4n) is 3.61. The van der Waals surface area contributed by atoms with Crippen LogP contribution < -0.4 is 5.32 Å². The van der Waals surface area contributed by atoms with Crippen LogP contribution >= 0.6 is 15.9 Å². The number of hydrogen-bond acceptors (Lipinski definition) is 3. The molecule has 29 heavy (non-hydrogen) atoms. The van der Waals surface area contributed by atoms with Crippen LogP contribution in [0.3, 0.4) is 0 Å². The van der Waals surface area contributed by atoms with Crippen LogP contribution in [0.4, 0.5) is 0 Å². The molecule has 0 spiro atoms. The third kappa shape index (κ3) is 6.42. The van der Waals surface area contributed by atoms with Gasteiger partial charge in [-0.15, -0.1) is 0 Å². The second-order valence-corrected chi connectivity index (χ2v) is 8.79. The number of carbonyl (C=O) groups excluding carboxylic acids is 1. The molecule has 0 unspecified atom stereocenters. The van der Waals surface area contributed by atoms with Gasteiger partial charge in [-0.25, -0.2) is 0 Å². The van der Waals surface area contributed by atoms with Crippen molar-refractivity contribution in [3.05, 3.63) is 68.7 Å². The number of halogens is 1. The summed E-state index contributed by atoms with van der Waals surface area (Å²) in [5, 5.41) is 11.5. The molecule has 0 aliphatic heterocycles. The Morgan fingerprint density at radius 1 is 1.14 bits per heavy atom. The van der Waals surface area contributed by atoms with Gasteiger partial charge >= 0.3 is 0 Å². The maximum Gasteiger partial charge on any atom is 0.250 e. The van der Waals surface area contributed by atoms with Crippen molar-refractivity contribution in [2.75, 3.05) is 6.54 Å². The Morgan fingerprint density at radius 3 is 2.24 bits per heavy atom. The quantitative estimate of drug-likeness (QED) is 0.530. The lowest BCUT2D eigenvalue weighted by Crippen LogP contribution is -2.38. The van der Waals surface area contributed by atoms with E-state index in [2.05, 4.69) is 68.0 Å². The van der Waals surface area contributed by atoms with Crippen LogP contribution in [0.1, 0.15) is 54.2 Å². The summed E-state index contributed by atoms with van der Waals surface area (Å²) in [5.74, 6) is 0.0309. The van der Waals surface area contributed by atoms with Crippen LogP contribution in [0.25, 0.3) is 0 Å². The van der Waals surface area contributed by atoms with Gasteiger partial charge in [-0.3, -0.25) is 4.79 Å². The van der Waals surface area contributed by atoms with Crippen LogP contribution in [-0.4, -0.2) is 18.6 Å². The van der Waals surface area contributed by atoms with Gasteiger partial charge < -0.3 is 10.1 Å². The van der Waals surface area contributed by atoms with E-state index in [1.165, 1.54) is 5.56 Å². The van der Waals surface area contributed by atoms with Crippen molar-refractivity contribution < 1.29 is 9.53 Å². The first-order valence-corrected chi connectivity index (χ1v) is 10.7. The number of nitriles is 1. The Kier molecular flexibility index (Phi) is 8.43. The van der Waals surface area contributed by atoms with E-state index in [0.717, 1.165) is 26.7 Å². The Bertz CT molecular complexity index is 862. The van der Waals surface area contributed by atoms with Crippen LogP contribution in [0.5, 0.6) is 0 Å². The Morgan fingerprint density at radius 2 is 1.72 bits per heavy atom. The number of amides is 1. The molecule has 0 heterocycles. The predicted molar refractivity (Wildman–Crippen MR) is 120 cm³/mol. The lowest BCUT2D eigenvalue weighted by atomic mass is 9.91. The third-order valence-corrected chi connectivity index (χ3v) is 5.32. The summed E-state index contributed by atoms with van der Waals surface area (Å²) in [6, 6.07) is 14.3. The van der Waals surface area contributed by atoms with E-state index >= 15 is 0 Å². The summed E-state index contributed by atoms with van der Waals surface area (Å²) in [6.07, 6.45) is -0.439. The smallest absolute Gasteiger partial charge is 0.250 e. The summed E-state index contributed by atoms with van der Waals surface area (Å²) in [4.78, 5) is 12.7. The molecule has 0 fully saturated rings. The first-order valence-electron chi connectivity index (χ1n) is 9.86. The van der Waals surface area contributed by atoms with Crippen molar-refractivity contribution in [2.45, 2.75) is 53.2 Å². The maximum atomic E-state index is 12.7. The molecular weight excluding hydrogens is 428 g/mol. The highest BCUT2D eigenvalue weighted by Crippen LogP contribution is 2.34. The van der Waals surface area contributed by atoms with Crippen molar-refractivity contribution in [3.8, 4) is 6.07 Å². The first kappa shape index (κ1) is 23.1. The van der Waals surface area contributed by atoms with E-state index in [4.69, 9.17) is 10.00 Å². The van der Waals surface area contributed by atoms with Gasteiger partial charge in [0.05, 0.1) is 6.07 Å². The molecule has 1 N–H and O–H groups in total. The SMILES string of the molecule is Cc1cc(C)c([C@@H](O[C@@H](CC(C)C)C(=O)NCC#N)c2ccc(Br)cc2)c(C)c1. The topological polar surface area (TPSA) is 62.1 Å². The molecule has 0 saturated heterocycles. The molecule has 154 valence electrons. The molecule has 1 amide bonds. The maximum absolute atomic E-state index is 12.7. The monoisotopic (exact) mass is 456 g/mol. The van der Waals surface area contributed by atoms with E-state index in [1.807, 2.05) is 30.3 Å². The number of nitrogens with zero attached hydrogens (tertiary/aromatic N) is 1. The molecule has 0 aliphatic rings. The molecule has 0 radical (unpaired) electrons. The number of aryl methyl sites for hydroxylation is 3. The van der Waals surface area contributed by atoms with Gasteiger partial charge in [0, 0.05) is 4.47 Å². The van der Waals surface area contributed by atoms with Gasteiger partial charge in [0.25, 0.3) is 0 Å². The fraction of sp³-hybridized carbons (Fsp3) is 0.417. The molecule has 2 atom stereocenters. The van der Waals surface area contributed by atoms with E-state index in [0.29, 0.717) is 6.42 Å². The first-order chi connectivity index (χ1) is 13.7. The van der Waals surface area contributed by atoms with Gasteiger partial charge in [-0.2, -0.15) is 5.26 Å². The second-order valence-electron chi connectivity index (χ2n) is 7.87. The van der Waals surface area contributed by atoms with Crippen LogP contribution in [-0.2, 0) is 9.53 Å². The predicted octanol–water partition coefficient (Wildman–Crippen LogP) is 5.53. The molecule has 5 heteroatoms. The van der Waals surface area contributed by atoms with Gasteiger partial charge in [0.2, 0.25) is 5.91 Å². The summed E-state index contributed by atoms with van der Waals surface area (Å²) in [5.41, 5.74) is 5.54. The highest BCUT2D eigenvalue weighted by molar-refractivity contribution is 9.10. The molecule has 4 nitrogen and oxygen atoms in total. The zero-order valence-corrected chi connectivity index (χ0v) is 19.3. The zero-order valence-electron chi connectivity index (χ0n) is 17.8. The van der Waals surface area contributed by atoms with E-state index < -0.39 is 6.10 Å². The average molecular weight is 457 g/mol. The highest BCUT2D eigenvalue weighted by atomic mass is 79.9. The van der Waals surface area contributed by atoms with E-state index in [-0.39, 0.29) is 24.5 Å². The van der Waals surface area contributed by atoms with Gasteiger partial charge in [-0.1, -0.05) is 59.6 Å². The Hall–Kier alpha value is -2.16.